The van der Waals surface area contributed by atoms with Gasteiger partial charge in [0.25, 0.3) is 0 Å². The van der Waals surface area contributed by atoms with Crippen molar-refractivity contribution in [2.24, 2.45) is 4.99 Å². The third kappa shape index (κ3) is 6.42. The second-order valence-electron chi connectivity index (χ2n) is 5.74. The number of nitrogens with zero attached hydrogens (tertiary/aromatic N) is 2. The Hall–Kier alpha value is -0.620. The van der Waals surface area contributed by atoms with Gasteiger partial charge in [0.05, 0.1) is 23.7 Å². The lowest BCUT2D eigenvalue weighted by Gasteiger charge is -2.39. The van der Waals surface area contributed by atoms with Gasteiger partial charge in [-0.3, -0.25) is 9.79 Å². The molecule has 1 heterocycles. The van der Waals surface area contributed by atoms with E-state index in [1.807, 2.05) is 4.90 Å². The fraction of sp³-hybridized carbons (Fsp3) is 0.846. The Morgan fingerprint density at radius 2 is 2.00 bits per heavy atom. The first-order valence-corrected chi connectivity index (χ1v) is 8.82. The standard InChI is InChI=1S/C13H26N4O4S.HI/c1-13(2)10-17(6-8-22(13,19)20)12(14-3)16-9-11(18)15-5-7-21-4;/h5-10H2,1-4H3,(H,14,16)(H,15,18);1H. The number of aliphatic imine (C=N–C) groups is 1. The van der Waals surface area contributed by atoms with Crippen molar-refractivity contribution >= 4 is 45.7 Å². The molecule has 10 heteroatoms. The Morgan fingerprint density at radius 1 is 1.35 bits per heavy atom. The highest BCUT2D eigenvalue weighted by atomic mass is 127. The normalized spacial score (nSPS) is 19.7. The summed E-state index contributed by atoms with van der Waals surface area (Å²) in [7, 11) is 0.0807. The summed E-state index contributed by atoms with van der Waals surface area (Å²) in [5.41, 5.74) is 0. The van der Waals surface area contributed by atoms with Crippen LogP contribution in [0.3, 0.4) is 0 Å². The zero-order valence-corrected chi connectivity index (χ0v) is 17.2. The maximum atomic E-state index is 12.0. The van der Waals surface area contributed by atoms with Gasteiger partial charge in [-0.15, -0.1) is 24.0 Å². The van der Waals surface area contributed by atoms with E-state index >= 15 is 0 Å². The van der Waals surface area contributed by atoms with Gasteiger partial charge in [-0.1, -0.05) is 0 Å². The number of guanidine groups is 1. The van der Waals surface area contributed by atoms with Crippen molar-refractivity contribution in [3.63, 3.8) is 0 Å². The number of nitrogens with one attached hydrogen (secondary N) is 2. The second-order valence-corrected chi connectivity index (χ2v) is 8.49. The number of sulfone groups is 1. The summed E-state index contributed by atoms with van der Waals surface area (Å²) < 4.78 is 28.0. The van der Waals surface area contributed by atoms with E-state index < -0.39 is 14.6 Å². The average Bonchev–Trinajstić information content (AvgIpc) is 2.43. The van der Waals surface area contributed by atoms with E-state index in [0.717, 1.165) is 0 Å². The van der Waals surface area contributed by atoms with Crippen molar-refractivity contribution in [2.45, 2.75) is 18.6 Å². The van der Waals surface area contributed by atoms with Gasteiger partial charge < -0.3 is 20.3 Å². The predicted molar refractivity (Wildman–Crippen MR) is 101 cm³/mol. The molecule has 2 N–H and O–H groups in total. The lowest BCUT2D eigenvalue weighted by Crippen LogP contribution is -2.58. The Kier molecular flexibility index (Phi) is 9.36. The van der Waals surface area contributed by atoms with Crippen LogP contribution < -0.4 is 10.6 Å². The first-order chi connectivity index (χ1) is 10.2. The summed E-state index contributed by atoms with van der Waals surface area (Å²) in [6, 6.07) is 0. The zero-order valence-electron chi connectivity index (χ0n) is 14.1. The number of carbonyl (C=O) groups is 1. The predicted octanol–water partition coefficient (Wildman–Crippen LogP) is -0.549. The third-order valence-corrected chi connectivity index (χ3v) is 6.12. The minimum atomic E-state index is -3.10. The van der Waals surface area contributed by atoms with Crippen LogP contribution in [-0.2, 0) is 19.4 Å². The van der Waals surface area contributed by atoms with E-state index in [1.54, 1.807) is 28.0 Å². The number of hydrogen-bond acceptors (Lipinski definition) is 5. The van der Waals surface area contributed by atoms with Crippen LogP contribution in [0.5, 0.6) is 0 Å². The maximum Gasteiger partial charge on any atom is 0.239 e. The van der Waals surface area contributed by atoms with E-state index in [0.29, 0.717) is 32.2 Å². The fourth-order valence-electron chi connectivity index (χ4n) is 2.17. The zero-order chi connectivity index (χ0) is 16.8. The Morgan fingerprint density at radius 3 is 2.52 bits per heavy atom. The number of carbonyl (C=O) groups excluding carboxylic acids is 1. The Bertz CT molecular complexity index is 522. The van der Waals surface area contributed by atoms with Gasteiger partial charge in [0.1, 0.15) is 0 Å². The molecule has 0 aromatic carbocycles. The molecule has 8 nitrogen and oxygen atoms in total. The molecule has 0 saturated carbocycles. The summed E-state index contributed by atoms with van der Waals surface area (Å²) in [6.45, 7) is 5.12. The SMILES string of the molecule is CN=C(NCC(=O)NCCOC)N1CCS(=O)(=O)C(C)(C)C1.I. The van der Waals surface area contributed by atoms with E-state index in [9.17, 15) is 13.2 Å². The molecular weight excluding hydrogens is 435 g/mol. The summed E-state index contributed by atoms with van der Waals surface area (Å²) in [5.74, 6) is 0.452. The van der Waals surface area contributed by atoms with Crippen molar-refractivity contribution in [3.05, 3.63) is 0 Å². The van der Waals surface area contributed by atoms with Crippen molar-refractivity contribution in [1.82, 2.24) is 15.5 Å². The molecule has 0 unspecified atom stereocenters. The topological polar surface area (TPSA) is 100 Å². The smallest absolute Gasteiger partial charge is 0.239 e. The summed E-state index contributed by atoms with van der Waals surface area (Å²) in [5, 5.41) is 5.66. The largest absolute Gasteiger partial charge is 0.383 e. The van der Waals surface area contributed by atoms with E-state index in [4.69, 9.17) is 4.74 Å². The molecular formula is C13H27IN4O4S. The molecule has 0 aliphatic carbocycles. The van der Waals surface area contributed by atoms with Crippen molar-refractivity contribution in [3.8, 4) is 0 Å². The van der Waals surface area contributed by atoms with E-state index in [-0.39, 0.29) is 42.2 Å². The molecule has 0 aromatic heterocycles. The van der Waals surface area contributed by atoms with Crippen LogP contribution in [0.2, 0.25) is 0 Å². The van der Waals surface area contributed by atoms with Crippen LogP contribution in [-0.4, -0.2) is 82.6 Å². The molecule has 136 valence electrons. The molecule has 0 bridgehead atoms. The van der Waals surface area contributed by atoms with Gasteiger partial charge in [-0.05, 0) is 13.8 Å². The number of amides is 1. The molecule has 0 aromatic rings. The second kappa shape index (κ2) is 9.62. The first-order valence-electron chi connectivity index (χ1n) is 7.17. The van der Waals surface area contributed by atoms with Crippen molar-refractivity contribution < 1.29 is 17.9 Å². The quantitative estimate of drug-likeness (QED) is 0.246. The van der Waals surface area contributed by atoms with Gasteiger partial charge in [-0.25, -0.2) is 8.42 Å². The van der Waals surface area contributed by atoms with Gasteiger partial charge in [0, 0.05) is 33.8 Å². The summed E-state index contributed by atoms with van der Waals surface area (Å²) in [4.78, 5) is 17.6. The van der Waals surface area contributed by atoms with Crippen LogP contribution in [0, 0.1) is 0 Å². The number of ether oxygens (including phenoxy) is 1. The van der Waals surface area contributed by atoms with Crippen molar-refractivity contribution in [1.29, 1.82) is 0 Å². The molecule has 1 fully saturated rings. The van der Waals surface area contributed by atoms with E-state index in [2.05, 4.69) is 15.6 Å². The highest BCUT2D eigenvalue weighted by Crippen LogP contribution is 2.23. The molecule has 0 atom stereocenters. The monoisotopic (exact) mass is 462 g/mol. The molecule has 1 amide bonds. The van der Waals surface area contributed by atoms with Gasteiger partial charge >= 0.3 is 0 Å². The molecule has 0 radical (unpaired) electrons. The summed E-state index contributed by atoms with van der Waals surface area (Å²) in [6.07, 6.45) is 0. The van der Waals surface area contributed by atoms with Crippen molar-refractivity contribution in [2.75, 3.05) is 52.7 Å². The highest BCUT2D eigenvalue weighted by molar-refractivity contribution is 14.0. The lowest BCUT2D eigenvalue weighted by atomic mass is 10.2. The van der Waals surface area contributed by atoms with Crippen LogP contribution in [0.1, 0.15) is 13.8 Å². The minimum absolute atomic E-state index is 0. The lowest BCUT2D eigenvalue weighted by molar-refractivity contribution is -0.120. The van der Waals surface area contributed by atoms with E-state index in [1.165, 1.54) is 0 Å². The molecule has 1 saturated heterocycles. The average molecular weight is 462 g/mol. The number of rotatable bonds is 5. The fourth-order valence-corrected chi connectivity index (χ4v) is 3.54. The molecule has 1 rings (SSSR count). The number of hydrogen-bond donors (Lipinski definition) is 2. The van der Waals surface area contributed by atoms with Crippen LogP contribution >= 0.6 is 24.0 Å². The minimum Gasteiger partial charge on any atom is -0.383 e. The van der Waals surface area contributed by atoms with Crippen LogP contribution in [0.15, 0.2) is 4.99 Å². The summed E-state index contributed by atoms with van der Waals surface area (Å²) >= 11 is 0. The Balaban J connectivity index is 0.00000484. The molecule has 0 spiro atoms. The van der Waals surface area contributed by atoms with Gasteiger partial charge in [-0.2, -0.15) is 0 Å². The number of halogens is 1. The highest BCUT2D eigenvalue weighted by Gasteiger charge is 2.40. The first kappa shape index (κ1) is 22.4. The Labute approximate surface area is 155 Å². The molecule has 1 aliphatic heterocycles. The third-order valence-electron chi connectivity index (χ3n) is 3.59. The van der Waals surface area contributed by atoms with Crippen LogP contribution in [0.4, 0.5) is 0 Å². The maximum absolute atomic E-state index is 12.0. The molecule has 23 heavy (non-hydrogen) atoms. The van der Waals surface area contributed by atoms with Gasteiger partial charge in [0.2, 0.25) is 5.91 Å². The molecule has 1 aliphatic rings. The number of methoxy groups -OCH3 is 1. The van der Waals surface area contributed by atoms with Crippen LogP contribution in [0.25, 0.3) is 0 Å². The van der Waals surface area contributed by atoms with Gasteiger partial charge in [0.15, 0.2) is 15.8 Å².